The second kappa shape index (κ2) is 9.17. The Morgan fingerprint density at radius 3 is 2.97 bits per heavy atom. The van der Waals surface area contributed by atoms with E-state index in [4.69, 9.17) is 13.9 Å². The van der Waals surface area contributed by atoms with E-state index in [9.17, 15) is 4.79 Å². The number of carbonyl (C=O) groups excluding carboxylic acids is 1. The maximum absolute atomic E-state index is 11.6. The molecule has 6 nitrogen and oxygen atoms in total. The SMILES string of the molecule is CCOc1cccc2c3c(oc12)CN(CCCCOc1ccc2c(n1)CC(=O)C=C2)CC3. The molecule has 0 radical (unpaired) electrons. The van der Waals surface area contributed by atoms with E-state index in [0.717, 1.165) is 67.2 Å². The van der Waals surface area contributed by atoms with Gasteiger partial charge in [-0.25, -0.2) is 4.98 Å². The van der Waals surface area contributed by atoms with Crippen LogP contribution >= 0.6 is 0 Å². The molecule has 2 aromatic heterocycles. The van der Waals surface area contributed by atoms with Crippen LogP contribution in [0, 0.1) is 0 Å². The van der Waals surface area contributed by atoms with Gasteiger partial charge in [-0.15, -0.1) is 0 Å². The van der Waals surface area contributed by atoms with Crippen LogP contribution in [-0.4, -0.2) is 42.0 Å². The molecule has 166 valence electrons. The van der Waals surface area contributed by atoms with Crippen LogP contribution in [0.3, 0.4) is 0 Å². The summed E-state index contributed by atoms with van der Waals surface area (Å²) in [5, 5.41) is 1.19. The molecule has 1 aliphatic carbocycles. The third kappa shape index (κ3) is 4.28. The first-order valence-corrected chi connectivity index (χ1v) is 11.4. The average Bonchev–Trinajstić information content (AvgIpc) is 3.17. The van der Waals surface area contributed by atoms with Crippen LogP contribution in [0.2, 0.25) is 0 Å². The maximum atomic E-state index is 11.6. The summed E-state index contributed by atoms with van der Waals surface area (Å²) in [7, 11) is 0. The van der Waals surface area contributed by atoms with Crippen molar-refractivity contribution in [3.05, 3.63) is 59.0 Å². The lowest BCUT2D eigenvalue weighted by atomic mass is 10.0. The molecule has 0 atom stereocenters. The van der Waals surface area contributed by atoms with Gasteiger partial charge < -0.3 is 13.9 Å². The fraction of sp³-hybridized carbons (Fsp3) is 0.385. The van der Waals surface area contributed by atoms with E-state index >= 15 is 0 Å². The van der Waals surface area contributed by atoms with Crippen LogP contribution < -0.4 is 9.47 Å². The zero-order valence-electron chi connectivity index (χ0n) is 18.4. The lowest BCUT2D eigenvalue weighted by Gasteiger charge is -2.25. The first-order chi connectivity index (χ1) is 15.7. The number of carbonyl (C=O) groups is 1. The second-order valence-corrected chi connectivity index (χ2v) is 8.31. The van der Waals surface area contributed by atoms with Gasteiger partial charge >= 0.3 is 0 Å². The third-order valence-electron chi connectivity index (χ3n) is 6.10. The largest absolute Gasteiger partial charge is 0.490 e. The first kappa shape index (κ1) is 20.8. The van der Waals surface area contributed by atoms with E-state index in [1.54, 1.807) is 6.08 Å². The summed E-state index contributed by atoms with van der Waals surface area (Å²) in [6.07, 6.45) is 6.79. The number of nitrogens with zero attached hydrogens (tertiary/aromatic N) is 2. The van der Waals surface area contributed by atoms with Gasteiger partial charge in [-0.1, -0.05) is 12.1 Å². The molecule has 3 aromatic rings. The van der Waals surface area contributed by atoms with Gasteiger partial charge in [-0.2, -0.15) is 0 Å². The number of furan rings is 1. The monoisotopic (exact) mass is 432 g/mol. The molecular formula is C26H28N2O4. The Kier molecular flexibility index (Phi) is 5.95. The van der Waals surface area contributed by atoms with Crippen molar-refractivity contribution >= 4 is 22.8 Å². The Hall–Kier alpha value is -3.12. The number of hydrogen-bond donors (Lipinski definition) is 0. The molecule has 0 unspecified atom stereocenters. The van der Waals surface area contributed by atoms with Gasteiger partial charge in [0.1, 0.15) is 5.76 Å². The summed E-state index contributed by atoms with van der Waals surface area (Å²) in [6, 6.07) is 10.00. The van der Waals surface area contributed by atoms with Crippen molar-refractivity contribution in [2.24, 2.45) is 0 Å². The molecule has 0 spiro atoms. The minimum Gasteiger partial charge on any atom is -0.490 e. The molecule has 0 saturated carbocycles. The van der Waals surface area contributed by atoms with Crippen molar-refractivity contribution in [1.82, 2.24) is 9.88 Å². The zero-order chi connectivity index (χ0) is 21.9. The van der Waals surface area contributed by atoms with E-state index in [1.165, 1.54) is 10.9 Å². The molecule has 0 fully saturated rings. The summed E-state index contributed by atoms with van der Waals surface area (Å²) < 4.78 is 17.8. The highest BCUT2D eigenvalue weighted by atomic mass is 16.5. The number of fused-ring (bicyclic) bond motifs is 4. The molecule has 1 aromatic carbocycles. The number of ether oxygens (including phenoxy) is 2. The van der Waals surface area contributed by atoms with Gasteiger partial charge in [-0.3, -0.25) is 9.69 Å². The summed E-state index contributed by atoms with van der Waals surface area (Å²) >= 11 is 0. The molecule has 0 bridgehead atoms. The lowest BCUT2D eigenvalue weighted by molar-refractivity contribution is -0.114. The van der Waals surface area contributed by atoms with E-state index in [0.29, 0.717) is 25.5 Å². The molecule has 0 N–H and O–H groups in total. The Labute approximate surface area is 187 Å². The van der Waals surface area contributed by atoms with Crippen molar-refractivity contribution < 1.29 is 18.7 Å². The smallest absolute Gasteiger partial charge is 0.213 e. The topological polar surface area (TPSA) is 64.8 Å². The van der Waals surface area contributed by atoms with E-state index in [2.05, 4.69) is 16.0 Å². The first-order valence-electron chi connectivity index (χ1n) is 11.4. The normalized spacial score (nSPS) is 15.6. The van der Waals surface area contributed by atoms with Crippen molar-refractivity contribution in [3.63, 3.8) is 0 Å². The summed E-state index contributed by atoms with van der Waals surface area (Å²) in [5.74, 6) is 2.59. The molecule has 5 rings (SSSR count). The molecule has 1 aliphatic heterocycles. The van der Waals surface area contributed by atoms with Gasteiger partial charge in [0.2, 0.25) is 5.88 Å². The van der Waals surface area contributed by atoms with Crippen LogP contribution in [0.25, 0.3) is 17.0 Å². The van der Waals surface area contributed by atoms with E-state index < -0.39 is 0 Å². The van der Waals surface area contributed by atoms with Crippen molar-refractivity contribution in [2.45, 2.75) is 39.2 Å². The van der Waals surface area contributed by atoms with Gasteiger partial charge in [0.25, 0.3) is 0 Å². The van der Waals surface area contributed by atoms with Crippen molar-refractivity contribution in [3.8, 4) is 11.6 Å². The Morgan fingerprint density at radius 1 is 1.12 bits per heavy atom. The number of allylic oxidation sites excluding steroid dienone is 1. The number of ketones is 1. The Morgan fingerprint density at radius 2 is 2.06 bits per heavy atom. The molecular weight excluding hydrogens is 404 g/mol. The van der Waals surface area contributed by atoms with Crippen LogP contribution in [0.1, 0.15) is 42.3 Å². The standard InChI is InChI=1S/C26H28N2O4/c1-2-30-23-7-5-6-21-20-12-14-28(17-24(20)32-26(21)23)13-3-4-15-31-25-11-9-18-8-10-19(29)16-22(18)27-25/h5-11H,2-4,12-17H2,1H3. The summed E-state index contributed by atoms with van der Waals surface area (Å²) in [5.41, 5.74) is 4.01. The van der Waals surface area contributed by atoms with Crippen LogP contribution in [0.4, 0.5) is 0 Å². The average molecular weight is 433 g/mol. The predicted octanol–water partition coefficient (Wildman–Crippen LogP) is 4.58. The lowest BCUT2D eigenvalue weighted by Crippen LogP contribution is -2.30. The van der Waals surface area contributed by atoms with Gasteiger partial charge in [-0.05, 0) is 62.6 Å². The van der Waals surface area contributed by atoms with Gasteiger partial charge in [0.15, 0.2) is 17.1 Å². The molecule has 2 aliphatic rings. The zero-order valence-corrected chi connectivity index (χ0v) is 18.4. The highest BCUT2D eigenvalue weighted by Crippen LogP contribution is 2.35. The fourth-order valence-corrected chi connectivity index (χ4v) is 4.49. The summed E-state index contributed by atoms with van der Waals surface area (Å²) in [4.78, 5) is 18.5. The second-order valence-electron chi connectivity index (χ2n) is 8.31. The van der Waals surface area contributed by atoms with Crippen molar-refractivity contribution in [2.75, 3.05) is 26.3 Å². The molecule has 0 saturated heterocycles. The number of unbranched alkanes of at least 4 members (excludes halogenated alkanes) is 1. The number of aromatic nitrogens is 1. The number of benzene rings is 1. The van der Waals surface area contributed by atoms with E-state index in [1.807, 2.05) is 37.3 Å². The summed E-state index contributed by atoms with van der Waals surface area (Å²) in [6.45, 7) is 6.13. The molecule has 0 amide bonds. The number of hydrogen-bond acceptors (Lipinski definition) is 6. The minimum atomic E-state index is 0.0883. The van der Waals surface area contributed by atoms with Crippen LogP contribution in [-0.2, 0) is 24.2 Å². The molecule has 6 heteroatoms. The Bertz CT molecular complexity index is 1160. The third-order valence-corrected chi connectivity index (χ3v) is 6.10. The number of pyridine rings is 1. The quantitative estimate of drug-likeness (QED) is 0.486. The van der Waals surface area contributed by atoms with Crippen LogP contribution in [0.5, 0.6) is 11.6 Å². The number of rotatable bonds is 8. The van der Waals surface area contributed by atoms with Gasteiger partial charge in [0.05, 0.1) is 31.9 Å². The number of para-hydroxylation sites is 1. The fourth-order valence-electron chi connectivity index (χ4n) is 4.49. The van der Waals surface area contributed by atoms with Crippen molar-refractivity contribution in [1.29, 1.82) is 0 Å². The Balaban J connectivity index is 1.11. The highest BCUT2D eigenvalue weighted by molar-refractivity contribution is 5.97. The molecule has 3 heterocycles. The molecule has 32 heavy (non-hydrogen) atoms. The maximum Gasteiger partial charge on any atom is 0.213 e. The van der Waals surface area contributed by atoms with Gasteiger partial charge in [0, 0.05) is 23.6 Å². The van der Waals surface area contributed by atoms with Crippen LogP contribution in [0.15, 0.2) is 40.8 Å². The van der Waals surface area contributed by atoms with E-state index in [-0.39, 0.29) is 5.78 Å². The predicted molar refractivity (Wildman–Crippen MR) is 123 cm³/mol. The highest BCUT2D eigenvalue weighted by Gasteiger charge is 2.23. The minimum absolute atomic E-state index is 0.0883.